The third-order valence-electron chi connectivity index (χ3n) is 2.99. The molecule has 19 heavy (non-hydrogen) atoms. The van der Waals surface area contributed by atoms with Crippen molar-refractivity contribution in [2.24, 2.45) is 0 Å². The van der Waals surface area contributed by atoms with Gasteiger partial charge < -0.3 is 5.32 Å². The number of hydrogen-bond donors (Lipinski definition) is 1. The highest BCUT2D eigenvalue weighted by molar-refractivity contribution is 7.94. The van der Waals surface area contributed by atoms with E-state index in [1.165, 1.54) is 5.41 Å². The van der Waals surface area contributed by atoms with Crippen molar-refractivity contribution in [3.63, 3.8) is 0 Å². The molecule has 0 saturated carbocycles. The van der Waals surface area contributed by atoms with E-state index < -0.39 is 9.84 Å². The standard InChI is InChI=1S/C12H14N4O2S/c1-9-4-12-14-6-10(7-16(12)15-9)5-13-11-2-3-19(17,18)8-11/h2-4,6-7,11,13H,5,8H2,1H3. The zero-order chi connectivity index (χ0) is 13.5. The van der Waals surface area contributed by atoms with E-state index in [0.29, 0.717) is 6.54 Å². The maximum atomic E-state index is 11.3. The summed E-state index contributed by atoms with van der Waals surface area (Å²) in [7, 11) is -3.01. The molecular weight excluding hydrogens is 264 g/mol. The van der Waals surface area contributed by atoms with Gasteiger partial charge in [0.1, 0.15) is 0 Å². The van der Waals surface area contributed by atoms with Crippen molar-refractivity contribution in [3.8, 4) is 0 Å². The van der Waals surface area contributed by atoms with Crippen LogP contribution in [0.4, 0.5) is 0 Å². The molecule has 1 aliphatic rings. The molecule has 1 atom stereocenters. The molecule has 7 heteroatoms. The number of aromatic nitrogens is 3. The van der Waals surface area contributed by atoms with Crippen molar-refractivity contribution in [1.82, 2.24) is 19.9 Å². The highest BCUT2D eigenvalue weighted by Crippen LogP contribution is 2.09. The number of aryl methyl sites for hydroxylation is 1. The number of nitrogens with one attached hydrogen (secondary N) is 1. The second kappa shape index (κ2) is 4.43. The van der Waals surface area contributed by atoms with Crippen molar-refractivity contribution >= 4 is 15.5 Å². The molecule has 0 spiro atoms. The Kier molecular flexibility index (Phi) is 2.87. The van der Waals surface area contributed by atoms with Crippen LogP contribution in [0.1, 0.15) is 11.3 Å². The van der Waals surface area contributed by atoms with Crippen LogP contribution in [0, 0.1) is 6.92 Å². The summed E-state index contributed by atoms with van der Waals surface area (Å²) >= 11 is 0. The SMILES string of the molecule is Cc1cc2ncc(CNC3C=CS(=O)(=O)C3)cn2n1. The highest BCUT2D eigenvalue weighted by Gasteiger charge is 2.20. The van der Waals surface area contributed by atoms with Gasteiger partial charge in [-0.05, 0) is 6.92 Å². The molecule has 0 fully saturated rings. The Bertz CT molecular complexity index is 748. The van der Waals surface area contributed by atoms with E-state index in [9.17, 15) is 8.42 Å². The maximum Gasteiger partial charge on any atom is 0.173 e. The lowest BCUT2D eigenvalue weighted by molar-refractivity contribution is 0.589. The van der Waals surface area contributed by atoms with E-state index in [4.69, 9.17) is 0 Å². The summed E-state index contributed by atoms with van der Waals surface area (Å²) in [6, 6.07) is 1.78. The van der Waals surface area contributed by atoms with E-state index in [0.717, 1.165) is 16.9 Å². The Morgan fingerprint density at radius 1 is 1.53 bits per heavy atom. The molecule has 0 aromatic carbocycles. The number of fused-ring (bicyclic) bond motifs is 1. The van der Waals surface area contributed by atoms with Crippen molar-refractivity contribution in [3.05, 3.63) is 41.2 Å². The van der Waals surface area contributed by atoms with Crippen LogP contribution < -0.4 is 5.32 Å². The van der Waals surface area contributed by atoms with Crippen LogP contribution in [-0.2, 0) is 16.4 Å². The van der Waals surface area contributed by atoms with Gasteiger partial charge in [0.15, 0.2) is 15.5 Å². The predicted octanol–water partition coefficient (Wildman–Crippen LogP) is 0.438. The summed E-state index contributed by atoms with van der Waals surface area (Å²) in [6.07, 6.45) is 5.35. The average Bonchev–Trinajstić information content (AvgIpc) is 2.87. The fourth-order valence-electron chi connectivity index (χ4n) is 2.08. The Morgan fingerprint density at radius 3 is 3.11 bits per heavy atom. The molecule has 0 amide bonds. The number of hydrogen-bond acceptors (Lipinski definition) is 5. The Morgan fingerprint density at radius 2 is 2.37 bits per heavy atom. The fraction of sp³-hybridized carbons (Fsp3) is 0.333. The molecule has 1 aliphatic heterocycles. The molecule has 3 rings (SSSR count). The minimum atomic E-state index is -3.01. The topological polar surface area (TPSA) is 76.4 Å². The first-order valence-electron chi connectivity index (χ1n) is 5.97. The van der Waals surface area contributed by atoms with Gasteiger partial charge in [-0.3, -0.25) is 0 Å². The summed E-state index contributed by atoms with van der Waals surface area (Å²) in [5.74, 6) is 0.129. The van der Waals surface area contributed by atoms with E-state index in [-0.39, 0.29) is 11.8 Å². The second-order valence-corrected chi connectivity index (χ2v) is 6.63. The largest absolute Gasteiger partial charge is 0.305 e. The molecule has 2 aromatic heterocycles. The second-order valence-electron chi connectivity index (χ2n) is 4.70. The Balaban J connectivity index is 1.70. The zero-order valence-electron chi connectivity index (χ0n) is 10.4. The average molecular weight is 278 g/mol. The smallest absolute Gasteiger partial charge is 0.173 e. The molecule has 3 heterocycles. The first kappa shape index (κ1) is 12.3. The molecule has 1 N–H and O–H groups in total. The summed E-state index contributed by atoms with van der Waals surface area (Å²) < 4.78 is 24.3. The van der Waals surface area contributed by atoms with Crippen LogP contribution >= 0.6 is 0 Å². The van der Waals surface area contributed by atoms with E-state index in [2.05, 4.69) is 15.4 Å². The van der Waals surface area contributed by atoms with Crippen LogP contribution in [-0.4, -0.2) is 34.8 Å². The van der Waals surface area contributed by atoms with Gasteiger partial charge in [-0.15, -0.1) is 0 Å². The molecule has 0 saturated heterocycles. The van der Waals surface area contributed by atoms with Gasteiger partial charge in [0, 0.05) is 42.0 Å². The van der Waals surface area contributed by atoms with Gasteiger partial charge in [0.25, 0.3) is 0 Å². The van der Waals surface area contributed by atoms with Gasteiger partial charge >= 0.3 is 0 Å². The zero-order valence-corrected chi connectivity index (χ0v) is 11.3. The maximum absolute atomic E-state index is 11.3. The first-order chi connectivity index (χ1) is 9.02. The van der Waals surface area contributed by atoms with Crippen LogP contribution in [0.2, 0.25) is 0 Å². The van der Waals surface area contributed by atoms with Crippen molar-refractivity contribution in [2.45, 2.75) is 19.5 Å². The summed E-state index contributed by atoms with van der Waals surface area (Å²) in [4.78, 5) is 4.30. The molecule has 100 valence electrons. The van der Waals surface area contributed by atoms with Crippen LogP contribution in [0.25, 0.3) is 5.65 Å². The normalized spacial score (nSPS) is 21.2. The van der Waals surface area contributed by atoms with Gasteiger partial charge in [0.2, 0.25) is 0 Å². The minimum absolute atomic E-state index is 0.125. The molecule has 0 aliphatic carbocycles. The highest BCUT2D eigenvalue weighted by atomic mass is 32.2. The lowest BCUT2D eigenvalue weighted by Gasteiger charge is -2.09. The van der Waals surface area contributed by atoms with Crippen LogP contribution in [0.15, 0.2) is 29.9 Å². The molecule has 1 unspecified atom stereocenters. The van der Waals surface area contributed by atoms with E-state index in [1.54, 1.807) is 16.8 Å². The Labute approximate surface area is 111 Å². The van der Waals surface area contributed by atoms with Crippen molar-refractivity contribution in [1.29, 1.82) is 0 Å². The van der Waals surface area contributed by atoms with E-state index in [1.807, 2.05) is 19.2 Å². The van der Waals surface area contributed by atoms with Gasteiger partial charge in [-0.2, -0.15) is 5.10 Å². The fourth-order valence-corrected chi connectivity index (χ4v) is 3.35. The monoisotopic (exact) mass is 278 g/mol. The first-order valence-corrected chi connectivity index (χ1v) is 7.69. The van der Waals surface area contributed by atoms with Crippen LogP contribution in [0.5, 0.6) is 0 Å². The number of rotatable bonds is 3. The van der Waals surface area contributed by atoms with E-state index >= 15 is 0 Å². The summed E-state index contributed by atoms with van der Waals surface area (Å²) in [5, 5.41) is 8.74. The van der Waals surface area contributed by atoms with Gasteiger partial charge in [0.05, 0.1) is 11.4 Å². The minimum Gasteiger partial charge on any atom is -0.305 e. The van der Waals surface area contributed by atoms with Gasteiger partial charge in [-0.25, -0.2) is 17.9 Å². The quantitative estimate of drug-likeness (QED) is 0.881. The third-order valence-corrected chi connectivity index (χ3v) is 4.38. The summed E-state index contributed by atoms with van der Waals surface area (Å²) in [5.41, 5.74) is 2.69. The Hall–Kier alpha value is -1.73. The molecule has 2 aromatic rings. The molecule has 0 radical (unpaired) electrons. The van der Waals surface area contributed by atoms with Crippen LogP contribution in [0.3, 0.4) is 0 Å². The summed E-state index contributed by atoms with van der Waals surface area (Å²) in [6.45, 7) is 2.48. The molecular formula is C12H14N4O2S. The van der Waals surface area contributed by atoms with Crippen molar-refractivity contribution < 1.29 is 8.42 Å². The lowest BCUT2D eigenvalue weighted by atomic mass is 10.3. The third kappa shape index (κ3) is 2.66. The van der Waals surface area contributed by atoms with Gasteiger partial charge in [-0.1, -0.05) is 6.08 Å². The predicted molar refractivity (Wildman–Crippen MR) is 71.3 cm³/mol. The number of sulfone groups is 1. The molecule has 0 bridgehead atoms. The lowest BCUT2D eigenvalue weighted by Crippen LogP contribution is -2.29. The molecule has 6 nitrogen and oxygen atoms in total. The van der Waals surface area contributed by atoms with Crippen molar-refractivity contribution in [2.75, 3.05) is 5.75 Å². The number of nitrogens with zero attached hydrogens (tertiary/aromatic N) is 3.